The maximum absolute atomic E-state index is 13.3. The molecule has 1 aromatic rings. The van der Waals surface area contributed by atoms with E-state index in [2.05, 4.69) is 0 Å². The van der Waals surface area contributed by atoms with E-state index in [0.717, 1.165) is 6.42 Å². The van der Waals surface area contributed by atoms with Gasteiger partial charge in [0.05, 0.1) is 5.25 Å². The van der Waals surface area contributed by atoms with Gasteiger partial charge in [-0.15, -0.1) is 11.8 Å². The van der Waals surface area contributed by atoms with Gasteiger partial charge in [-0.25, -0.2) is 4.39 Å². The zero-order chi connectivity index (χ0) is 10.1. The van der Waals surface area contributed by atoms with Crippen LogP contribution >= 0.6 is 11.8 Å². The Hall–Kier alpha value is -0.830. The van der Waals surface area contributed by atoms with Gasteiger partial charge in [-0.3, -0.25) is 4.79 Å². The summed E-state index contributed by atoms with van der Waals surface area (Å²) >= 11 is 1.54. The molecule has 1 aromatic carbocycles. The van der Waals surface area contributed by atoms with Gasteiger partial charge in [0.2, 0.25) is 0 Å². The van der Waals surface area contributed by atoms with Gasteiger partial charge in [-0.1, -0.05) is 19.1 Å². The number of hydrogen-bond donors (Lipinski definition) is 0. The summed E-state index contributed by atoms with van der Waals surface area (Å²) in [6, 6.07) is 4.75. The first-order valence-corrected chi connectivity index (χ1v) is 5.72. The van der Waals surface area contributed by atoms with E-state index in [1.807, 2.05) is 6.92 Å². The number of benzene rings is 1. The number of ketones is 1. The Morgan fingerprint density at radius 3 is 3.07 bits per heavy atom. The van der Waals surface area contributed by atoms with E-state index in [0.29, 0.717) is 16.9 Å². The standard InChI is InChI=1S/C11H11FOS/c1-2-10-11(13)7-4-3-5-9(12)8(7)6-14-10/h3-5,10H,2,6H2,1H3. The molecule has 0 bridgehead atoms. The molecular formula is C11H11FOS. The normalized spacial score (nSPS) is 20.7. The van der Waals surface area contributed by atoms with Crippen molar-refractivity contribution < 1.29 is 9.18 Å². The molecule has 0 saturated carbocycles. The molecule has 0 N–H and O–H groups in total. The number of carbonyl (C=O) groups is 1. The van der Waals surface area contributed by atoms with Crippen LogP contribution in [0.25, 0.3) is 0 Å². The first-order valence-electron chi connectivity index (χ1n) is 4.67. The Morgan fingerprint density at radius 1 is 1.57 bits per heavy atom. The highest BCUT2D eigenvalue weighted by atomic mass is 32.2. The van der Waals surface area contributed by atoms with Crippen molar-refractivity contribution in [2.45, 2.75) is 24.3 Å². The molecule has 1 heterocycles. The van der Waals surface area contributed by atoms with Crippen molar-refractivity contribution in [2.24, 2.45) is 0 Å². The average Bonchev–Trinajstić information content (AvgIpc) is 2.20. The fourth-order valence-corrected chi connectivity index (χ4v) is 2.85. The monoisotopic (exact) mass is 210 g/mol. The summed E-state index contributed by atoms with van der Waals surface area (Å²) < 4.78 is 13.3. The number of fused-ring (bicyclic) bond motifs is 1. The summed E-state index contributed by atoms with van der Waals surface area (Å²) in [7, 11) is 0. The summed E-state index contributed by atoms with van der Waals surface area (Å²) in [6.07, 6.45) is 0.819. The molecule has 74 valence electrons. The minimum Gasteiger partial charge on any atom is -0.293 e. The van der Waals surface area contributed by atoms with Gasteiger partial charge in [-0.05, 0) is 12.5 Å². The van der Waals surface area contributed by atoms with Gasteiger partial charge in [0.15, 0.2) is 5.78 Å². The maximum atomic E-state index is 13.3. The molecule has 1 unspecified atom stereocenters. The average molecular weight is 210 g/mol. The number of thioether (sulfide) groups is 1. The molecule has 0 spiro atoms. The van der Waals surface area contributed by atoms with E-state index in [9.17, 15) is 9.18 Å². The van der Waals surface area contributed by atoms with Gasteiger partial charge in [-0.2, -0.15) is 0 Å². The molecule has 0 saturated heterocycles. The van der Waals surface area contributed by atoms with E-state index in [1.165, 1.54) is 17.8 Å². The lowest BCUT2D eigenvalue weighted by atomic mass is 10.0. The third kappa shape index (κ3) is 1.46. The van der Waals surface area contributed by atoms with E-state index in [1.54, 1.807) is 12.1 Å². The third-order valence-corrected chi connectivity index (χ3v) is 3.88. The molecule has 0 aromatic heterocycles. The van der Waals surface area contributed by atoms with Crippen molar-refractivity contribution in [1.82, 2.24) is 0 Å². The quantitative estimate of drug-likeness (QED) is 0.708. The van der Waals surface area contributed by atoms with Crippen LogP contribution < -0.4 is 0 Å². The molecule has 14 heavy (non-hydrogen) atoms. The van der Waals surface area contributed by atoms with Gasteiger partial charge < -0.3 is 0 Å². The predicted octanol–water partition coefficient (Wildman–Crippen LogP) is 3.03. The van der Waals surface area contributed by atoms with Crippen molar-refractivity contribution in [1.29, 1.82) is 0 Å². The molecule has 3 heteroatoms. The van der Waals surface area contributed by atoms with Gasteiger partial charge >= 0.3 is 0 Å². The topological polar surface area (TPSA) is 17.1 Å². The van der Waals surface area contributed by atoms with Crippen molar-refractivity contribution in [3.05, 3.63) is 35.1 Å². The summed E-state index contributed by atoms with van der Waals surface area (Å²) in [4.78, 5) is 11.8. The second kappa shape index (κ2) is 3.73. The second-order valence-electron chi connectivity index (χ2n) is 3.34. The van der Waals surface area contributed by atoms with Crippen molar-refractivity contribution >= 4 is 17.5 Å². The van der Waals surface area contributed by atoms with Crippen LogP contribution in [0.1, 0.15) is 29.3 Å². The van der Waals surface area contributed by atoms with E-state index in [4.69, 9.17) is 0 Å². The summed E-state index contributed by atoms with van der Waals surface area (Å²) in [5, 5.41) is 0.0179. The third-order valence-electron chi connectivity index (χ3n) is 2.48. The van der Waals surface area contributed by atoms with Crippen LogP contribution in [0.3, 0.4) is 0 Å². The second-order valence-corrected chi connectivity index (χ2v) is 4.53. The lowest BCUT2D eigenvalue weighted by Gasteiger charge is -2.21. The van der Waals surface area contributed by atoms with Gasteiger partial charge in [0.1, 0.15) is 5.82 Å². The van der Waals surface area contributed by atoms with Crippen LogP contribution in [0.15, 0.2) is 18.2 Å². The fraction of sp³-hybridized carbons (Fsp3) is 0.364. The van der Waals surface area contributed by atoms with Crippen molar-refractivity contribution in [3.8, 4) is 0 Å². The van der Waals surface area contributed by atoms with Gasteiger partial charge in [0.25, 0.3) is 0 Å². The Bertz CT molecular complexity index is 376. The molecule has 1 atom stereocenters. The Labute approximate surface area is 86.7 Å². The molecule has 0 fully saturated rings. The van der Waals surface area contributed by atoms with Crippen molar-refractivity contribution in [2.75, 3.05) is 0 Å². The van der Waals surface area contributed by atoms with Crippen molar-refractivity contribution in [3.63, 3.8) is 0 Å². The number of halogens is 1. The number of Topliss-reactive ketones (excluding diaryl/α,β-unsaturated/α-hetero) is 1. The van der Waals surface area contributed by atoms with E-state index >= 15 is 0 Å². The first-order chi connectivity index (χ1) is 6.74. The summed E-state index contributed by atoms with van der Waals surface area (Å²) in [5.74, 6) is 0.447. The highest BCUT2D eigenvalue weighted by Gasteiger charge is 2.27. The molecule has 0 aliphatic carbocycles. The highest BCUT2D eigenvalue weighted by molar-refractivity contribution is 8.00. The zero-order valence-electron chi connectivity index (χ0n) is 7.92. The number of carbonyl (C=O) groups excluding carboxylic acids is 1. The Balaban J connectivity index is 2.46. The van der Waals surface area contributed by atoms with Crippen LogP contribution in [0.5, 0.6) is 0 Å². The molecule has 2 rings (SSSR count). The molecule has 1 nitrogen and oxygen atoms in total. The SMILES string of the molecule is CCC1SCc2c(F)cccc2C1=O. The molecule has 0 amide bonds. The minimum atomic E-state index is -0.252. The Morgan fingerprint density at radius 2 is 2.36 bits per heavy atom. The first kappa shape index (κ1) is 9.71. The largest absolute Gasteiger partial charge is 0.293 e. The maximum Gasteiger partial charge on any atom is 0.176 e. The van der Waals surface area contributed by atoms with E-state index < -0.39 is 0 Å². The smallest absolute Gasteiger partial charge is 0.176 e. The van der Waals surface area contributed by atoms with Gasteiger partial charge in [0, 0.05) is 16.9 Å². The minimum absolute atomic E-state index is 0.0179. The lowest BCUT2D eigenvalue weighted by molar-refractivity contribution is 0.0985. The Kier molecular flexibility index (Phi) is 2.59. The highest BCUT2D eigenvalue weighted by Crippen LogP contribution is 2.32. The zero-order valence-corrected chi connectivity index (χ0v) is 8.73. The van der Waals surface area contributed by atoms with Crippen LogP contribution in [0.2, 0.25) is 0 Å². The number of hydrogen-bond acceptors (Lipinski definition) is 2. The predicted molar refractivity (Wildman–Crippen MR) is 56.1 cm³/mol. The van der Waals surface area contributed by atoms with Crippen LogP contribution in [-0.2, 0) is 5.75 Å². The fourth-order valence-electron chi connectivity index (χ4n) is 1.67. The number of rotatable bonds is 1. The van der Waals surface area contributed by atoms with Crippen LogP contribution in [0, 0.1) is 5.82 Å². The molecule has 1 aliphatic rings. The summed E-state index contributed by atoms with van der Waals surface area (Å²) in [6.45, 7) is 1.99. The lowest BCUT2D eigenvalue weighted by Crippen LogP contribution is -2.23. The van der Waals surface area contributed by atoms with E-state index in [-0.39, 0.29) is 16.9 Å². The molecular weight excluding hydrogens is 199 g/mol. The molecule has 0 radical (unpaired) electrons. The van der Waals surface area contributed by atoms with Crippen LogP contribution in [0.4, 0.5) is 4.39 Å². The van der Waals surface area contributed by atoms with Crippen LogP contribution in [-0.4, -0.2) is 11.0 Å². The summed E-state index contributed by atoms with van der Waals surface area (Å²) in [5.41, 5.74) is 1.16. The molecule has 1 aliphatic heterocycles.